The highest BCUT2D eigenvalue weighted by Crippen LogP contribution is 2.28. The zero-order chi connectivity index (χ0) is 22.1. The van der Waals surface area contributed by atoms with Crippen molar-refractivity contribution in [2.75, 3.05) is 4.90 Å². The SMILES string of the molecule is O=C1NC(=S)N(c2ccc(F)cc2)C(=O)/C1=C/c1ccc(-c2cccc([N+](=O)[O-])c2)o1. The van der Waals surface area contributed by atoms with Gasteiger partial charge in [-0.2, -0.15) is 0 Å². The number of nitrogens with zero attached hydrogens (tertiary/aromatic N) is 2. The monoisotopic (exact) mass is 437 g/mol. The van der Waals surface area contributed by atoms with Gasteiger partial charge in [-0.05, 0) is 54.7 Å². The maximum Gasteiger partial charge on any atom is 0.270 e. The Labute approximate surface area is 179 Å². The Hall–Kier alpha value is -4.18. The third-order valence-corrected chi connectivity index (χ3v) is 4.73. The number of carbonyl (C=O) groups excluding carboxylic acids is 2. The molecule has 2 amide bonds. The maximum atomic E-state index is 13.2. The molecule has 0 spiro atoms. The summed E-state index contributed by atoms with van der Waals surface area (Å²) in [7, 11) is 0. The van der Waals surface area contributed by atoms with Gasteiger partial charge < -0.3 is 4.42 Å². The van der Waals surface area contributed by atoms with Gasteiger partial charge >= 0.3 is 0 Å². The van der Waals surface area contributed by atoms with Gasteiger partial charge in [-0.1, -0.05) is 12.1 Å². The number of non-ortho nitro benzene ring substituents is 1. The first-order chi connectivity index (χ1) is 14.8. The van der Waals surface area contributed by atoms with Crippen molar-refractivity contribution in [2.24, 2.45) is 0 Å². The summed E-state index contributed by atoms with van der Waals surface area (Å²) in [6.07, 6.45) is 1.25. The van der Waals surface area contributed by atoms with Crippen molar-refractivity contribution in [1.82, 2.24) is 5.32 Å². The van der Waals surface area contributed by atoms with Crippen LogP contribution in [0, 0.1) is 15.9 Å². The second-order valence-electron chi connectivity index (χ2n) is 6.44. The summed E-state index contributed by atoms with van der Waals surface area (Å²) < 4.78 is 18.9. The van der Waals surface area contributed by atoms with Gasteiger partial charge in [0, 0.05) is 17.7 Å². The van der Waals surface area contributed by atoms with Crippen molar-refractivity contribution in [1.29, 1.82) is 0 Å². The number of carbonyl (C=O) groups is 2. The Kier molecular flexibility index (Phi) is 5.14. The summed E-state index contributed by atoms with van der Waals surface area (Å²) in [5.74, 6) is -1.38. The zero-order valence-electron chi connectivity index (χ0n) is 15.6. The minimum atomic E-state index is -0.707. The van der Waals surface area contributed by atoms with Gasteiger partial charge in [0.15, 0.2) is 5.11 Å². The number of benzene rings is 2. The number of hydrogen-bond donors (Lipinski definition) is 1. The van der Waals surface area contributed by atoms with E-state index in [2.05, 4.69) is 5.32 Å². The van der Waals surface area contributed by atoms with E-state index >= 15 is 0 Å². The van der Waals surface area contributed by atoms with E-state index in [0.717, 1.165) is 4.90 Å². The molecule has 2 aromatic carbocycles. The number of amides is 2. The average Bonchev–Trinajstić information content (AvgIpc) is 3.21. The lowest BCUT2D eigenvalue weighted by Crippen LogP contribution is -2.54. The lowest BCUT2D eigenvalue weighted by atomic mass is 10.1. The van der Waals surface area contributed by atoms with Gasteiger partial charge in [0.1, 0.15) is 22.9 Å². The third kappa shape index (κ3) is 3.96. The average molecular weight is 437 g/mol. The van der Waals surface area contributed by atoms with E-state index in [0.29, 0.717) is 17.0 Å². The molecule has 0 radical (unpaired) electrons. The summed E-state index contributed by atoms with van der Waals surface area (Å²) in [4.78, 5) is 36.8. The number of halogens is 1. The van der Waals surface area contributed by atoms with Crippen LogP contribution in [-0.4, -0.2) is 21.9 Å². The third-order valence-electron chi connectivity index (χ3n) is 4.44. The molecule has 31 heavy (non-hydrogen) atoms. The van der Waals surface area contributed by atoms with Gasteiger partial charge in [-0.3, -0.25) is 29.9 Å². The van der Waals surface area contributed by atoms with Crippen molar-refractivity contribution >= 4 is 46.6 Å². The quantitative estimate of drug-likeness (QED) is 0.219. The standard InChI is InChI=1S/C21H12FN3O5S/c22-13-4-6-14(7-5-13)24-20(27)17(19(26)23-21(24)31)11-16-8-9-18(30-16)12-2-1-3-15(10-12)25(28)29/h1-11H,(H,23,26,31)/b17-11+. The molecule has 1 aliphatic rings. The molecule has 10 heteroatoms. The van der Waals surface area contributed by atoms with Crippen molar-refractivity contribution in [2.45, 2.75) is 0 Å². The summed E-state index contributed by atoms with van der Waals surface area (Å²) in [6.45, 7) is 0. The van der Waals surface area contributed by atoms with E-state index in [1.165, 1.54) is 54.6 Å². The molecule has 1 saturated heterocycles. The van der Waals surface area contributed by atoms with Crippen LogP contribution in [0.2, 0.25) is 0 Å². The first-order valence-corrected chi connectivity index (χ1v) is 9.26. The topological polar surface area (TPSA) is 106 Å². The number of furan rings is 1. The maximum absolute atomic E-state index is 13.2. The second kappa shape index (κ2) is 7.92. The van der Waals surface area contributed by atoms with E-state index < -0.39 is 22.6 Å². The minimum Gasteiger partial charge on any atom is -0.457 e. The Morgan fingerprint density at radius 1 is 1.10 bits per heavy atom. The first kappa shape index (κ1) is 20.1. The van der Waals surface area contributed by atoms with E-state index in [1.807, 2.05) is 0 Å². The van der Waals surface area contributed by atoms with Crippen molar-refractivity contribution in [3.05, 3.63) is 87.9 Å². The van der Waals surface area contributed by atoms with Gasteiger partial charge in [0.25, 0.3) is 17.5 Å². The fraction of sp³-hybridized carbons (Fsp3) is 0. The molecule has 0 atom stereocenters. The molecule has 154 valence electrons. The van der Waals surface area contributed by atoms with Crippen molar-refractivity contribution in [3.63, 3.8) is 0 Å². The van der Waals surface area contributed by atoms with Gasteiger partial charge in [0.05, 0.1) is 10.6 Å². The lowest BCUT2D eigenvalue weighted by Gasteiger charge is -2.28. The van der Waals surface area contributed by atoms with Gasteiger partial charge in [0.2, 0.25) is 0 Å². The molecule has 4 rings (SSSR count). The lowest BCUT2D eigenvalue weighted by molar-refractivity contribution is -0.384. The minimum absolute atomic E-state index is 0.0981. The fourth-order valence-electron chi connectivity index (χ4n) is 2.98. The molecule has 1 aromatic heterocycles. The molecular formula is C21H12FN3O5S. The Bertz CT molecular complexity index is 1270. The molecule has 1 fully saturated rings. The number of anilines is 1. The van der Waals surface area contributed by atoms with Crippen LogP contribution < -0.4 is 10.2 Å². The van der Waals surface area contributed by atoms with Crippen LogP contribution in [0.1, 0.15) is 5.76 Å². The normalized spacial score (nSPS) is 15.3. The highest BCUT2D eigenvalue weighted by atomic mass is 32.1. The van der Waals surface area contributed by atoms with E-state index in [-0.39, 0.29) is 22.1 Å². The van der Waals surface area contributed by atoms with Crippen LogP contribution in [0.5, 0.6) is 0 Å². The van der Waals surface area contributed by atoms with E-state index in [4.69, 9.17) is 16.6 Å². The summed E-state index contributed by atoms with van der Waals surface area (Å²) in [6, 6.07) is 14.0. The molecule has 1 aliphatic heterocycles. The zero-order valence-corrected chi connectivity index (χ0v) is 16.4. The molecule has 3 aromatic rings. The Balaban J connectivity index is 1.66. The Morgan fingerprint density at radius 3 is 2.55 bits per heavy atom. The fourth-order valence-corrected chi connectivity index (χ4v) is 3.26. The smallest absolute Gasteiger partial charge is 0.270 e. The number of nitro benzene ring substituents is 1. The largest absolute Gasteiger partial charge is 0.457 e. The van der Waals surface area contributed by atoms with Crippen LogP contribution in [-0.2, 0) is 9.59 Å². The van der Waals surface area contributed by atoms with Gasteiger partial charge in [-0.25, -0.2) is 4.39 Å². The predicted molar refractivity (Wildman–Crippen MR) is 113 cm³/mol. The van der Waals surface area contributed by atoms with E-state index in [9.17, 15) is 24.1 Å². The number of nitro groups is 1. The van der Waals surface area contributed by atoms with Crippen LogP contribution in [0.25, 0.3) is 17.4 Å². The highest BCUT2D eigenvalue weighted by Gasteiger charge is 2.34. The predicted octanol–water partition coefficient (Wildman–Crippen LogP) is 3.83. The van der Waals surface area contributed by atoms with Gasteiger partial charge in [-0.15, -0.1) is 0 Å². The number of nitrogens with one attached hydrogen (secondary N) is 1. The second-order valence-corrected chi connectivity index (χ2v) is 6.83. The van der Waals surface area contributed by atoms with E-state index in [1.54, 1.807) is 12.1 Å². The van der Waals surface area contributed by atoms with Crippen LogP contribution >= 0.6 is 12.2 Å². The number of rotatable bonds is 4. The summed E-state index contributed by atoms with van der Waals surface area (Å²) in [5.41, 5.74) is 0.420. The highest BCUT2D eigenvalue weighted by molar-refractivity contribution is 7.80. The summed E-state index contributed by atoms with van der Waals surface area (Å²) >= 11 is 5.09. The molecule has 0 saturated carbocycles. The molecule has 0 unspecified atom stereocenters. The molecule has 0 aliphatic carbocycles. The first-order valence-electron chi connectivity index (χ1n) is 8.85. The molecule has 8 nitrogen and oxygen atoms in total. The van der Waals surface area contributed by atoms with Crippen LogP contribution in [0.3, 0.4) is 0 Å². The number of thiocarbonyl (C=S) groups is 1. The number of hydrogen-bond acceptors (Lipinski definition) is 6. The Morgan fingerprint density at radius 2 is 1.84 bits per heavy atom. The van der Waals surface area contributed by atoms with Crippen LogP contribution in [0.15, 0.2) is 70.7 Å². The molecule has 1 N–H and O–H groups in total. The molecular weight excluding hydrogens is 425 g/mol. The molecule has 2 heterocycles. The molecule has 0 bridgehead atoms. The van der Waals surface area contributed by atoms with Crippen LogP contribution in [0.4, 0.5) is 15.8 Å². The van der Waals surface area contributed by atoms with Crippen molar-refractivity contribution < 1.29 is 23.3 Å². The van der Waals surface area contributed by atoms with Crippen molar-refractivity contribution in [3.8, 4) is 11.3 Å². The summed E-state index contributed by atoms with van der Waals surface area (Å²) in [5, 5.41) is 13.3.